The van der Waals surface area contributed by atoms with Crippen LogP contribution in [0.25, 0.3) is 0 Å². The Morgan fingerprint density at radius 1 is 1.30 bits per heavy atom. The van der Waals surface area contributed by atoms with E-state index >= 15 is 0 Å². The Kier molecular flexibility index (Phi) is 5.77. The Morgan fingerprint density at radius 3 is 2.20 bits per heavy atom. The summed E-state index contributed by atoms with van der Waals surface area (Å²) in [4.78, 5) is 13.7. The van der Waals surface area contributed by atoms with Crippen LogP contribution in [0, 0.1) is 0 Å². The van der Waals surface area contributed by atoms with Gasteiger partial charge in [-0.1, -0.05) is 20.8 Å². The number of aliphatic carboxylic acids is 1. The lowest BCUT2D eigenvalue weighted by molar-refractivity contribution is -0.147. The third-order valence-electron chi connectivity index (χ3n) is 4.53. The van der Waals surface area contributed by atoms with Crippen molar-refractivity contribution in [2.45, 2.75) is 58.0 Å². The lowest BCUT2D eigenvalue weighted by Crippen LogP contribution is -2.58. The van der Waals surface area contributed by atoms with Gasteiger partial charge in [-0.3, -0.25) is 9.69 Å². The summed E-state index contributed by atoms with van der Waals surface area (Å²) in [5, 5.41) is 12.9. The predicted molar refractivity (Wildman–Crippen MR) is 83.6 cm³/mol. The Labute approximate surface area is 123 Å². The van der Waals surface area contributed by atoms with E-state index in [-0.39, 0.29) is 11.1 Å². The molecule has 118 valence electrons. The van der Waals surface area contributed by atoms with Crippen molar-refractivity contribution in [3.63, 3.8) is 0 Å². The molecule has 0 aromatic rings. The normalized spacial score (nSPS) is 21.5. The maximum absolute atomic E-state index is 11.6. The van der Waals surface area contributed by atoms with E-state index in [2.05, 4.69) is 39.2 Å². The fraction of sp³-hybridized carbons (Fsp3) is 0.929. The zero-order valence-corrected chi connectivity index (χ0v) is 14.7. The summed E-state index contributed by atoms with van der Waals surface area (Å²) >= 11 is 0. The van der Waals surface area contributed by atoms with E-state index in [9.17, 15) is 9.90 Å². The smallest absolute Gasteiger partial charge is 0.323 e. The molecule has 5 nitrogen and oxygen atoms in total. The zero-order valence-electron chi connectivity index (χ0n) is 13.7. The molecule has 0 aromatic heterocycles. The summed E-state index contributed by atoms with van der Waals surface area (Å²) in [6.07, 6.45) is -0.286. The first-order chi connectivity index (χ1) is 9.06. The number of piperazine rings is 1. The molecule has 0 amide bonds. The van der Waals surface area contributed by atoms with Crippen LogP contribution in [0.3, 0.4) is 0 Å². The highest BCUT2D eigenvalue weighted by Gasteiger charge is 2.42. The third kappa shape index (κ3) is 4.28. The number of hydrogen-bond donors (Lipinski definition) is 2. The third-order valence-corrected chi connectivity index (χ3v) is 9.10. The summed E-state index contributed by atoms with van der Waals surface area (Å²) in [6.45, 7) is 16.0. The largest absolute Gasteiger partial charge is 0.480 e. The van der Waals surface area contributed by atoms with Gasteiger partial charge < -0.3 is 14.8 Å². The molecule has 0 aromatic carbocycles. The number of nitrogens with one attached hydrogen (secondary N) is 1. The Bertz CT molecular complexity index is 336. The second kappa shape index (κ2) is 6.55. The van der Waals surface area contributed by atoms with Crippen molar-refractivity contribution >= 4 is 14.3 Å². The van der Waals surface area contributed by atoms with Crippen molar-refractivity contribution in [2.75, 3.05) is 26.2 Å². The lowest BCUT2D eigenvalue weighted by Gasteiger charge is -2.42. The standard InChI is InChI=1S/C14H30N2O3Si/c1-11(19-20(5,6)14(2,3)4)12(13(17)18)16-9-7-15-8-10-16/h11-12,15H,7-10H2,1-6H3,(H,17,18). The Balaban J connectivity index is 2.79. The molecule has 0 bridgehead atoms. The fourth-order valence-electron chi connectivity index (χ4n) is 2.32. The molecule has 2 atom stereocenters. The maximum atomic E-state index is 11.6. The van der Waals surface area contributed by atoms with Crippen LogP contribution in [-0.2, 0) is 9.22 Å². The average molecular weight is 302 g/mol. The minimum Gasteiger partial charge on any atom is -0.480 e. The van der Waals surface area contributed by atoms with Crippen LogP contribution < -0.4 is 5.32 Å². The van der Waals surface area contributed by atoms with Crippen molar-refractivity contribution in [1.82, 2.24) is 10.2 Å². The molecule has 1 saturated heterocycles. The molecule has 6 heteroatoms. The number of carboxylic acids is 1. The molecule has 1 aliphatic rings. The average Bonchev–Trinajstić information content (AvgIpc) is 2.27. The van der Waals surface area contributed by atoms with Crippen LogP contribution in [0.2, 0.25) is 18.1 Å². The molecule has 20 heavy (non-hydrogen) atoms. The van der Waals surface area contributed by atoms with E-state index in [1.807, 2.05) is 11.8 Å². The highest BCUT2D eigenvalue weighted by molar-refractivity contribution is 6.74. The molecule has 0 spiro atoms. The molecule has 0 radical (unpaired) electrons. The van der Waals surface area contributed by atoms with Gasteiger partial charge in [0.25, 0.3) is 0 Å². The highest BCUT2D eigenvalue weighted by Crippen LogP contribution is 2.37. The Hall–Kier alpha value is -0.433. The van der Waals surface area contributed by atoms with Crippen LogP contribution >= 0.6 is 0 Å². The SMILES string of the molecule is CC(O[Si](C)(C)C(C)(C)C)C(C(=O)O)N1CCNCC1. The summed E-state index contributed by atoms with van der Waals surface area (Å²) in [7, 11) is -1.95. The number of rotatable bonds is 5. The van der Waals surface area contributed by atoms with Crippen molar-refractivity contribution in [3.8, 4) is 0 Å². The first kappa shape index (κ1) is 17.6. The number of hydrogen-bond acceptors (Lipinski definition) is 4. The quantitative estimate of drug-likeness (QED) is 0.758. The molecule has 1 heterocycles. The molecule has 1 rings (SSSR count). The molecule has 0 aliphatic carbocycles. The first-order valence-electron chi connectivity index (χ1n) is 7.41. The summed E-state index contributed by atoms with van der Waals surface area (Å²) < 4.78 is 6.27. The van der Waals surface area contributed by atoms with Gasteiger partial charge in [0.2, 0.25) is 0 Å². The van der Waals surface area contributed by atoms with E-state index in [0.29, 0.717) is 0 Å². The molecular weight excluding hydrogens is 272 g/mol. The molecule has 2 unspecified atom stereocenters. The molecule has 0 saturated carbocycles. The van der Waals surface area contributed by atoms with Gasteiger partial charge in [-0.05, 0) is 25.1 Å². The predicted octanol–water partition coefficient (Wildman–Crippen LogP) is 1.76. The van der Waals surface area contributed by atoms with E-state index in [4.69, 9.17) is 4.43 Å². The van der Waals surface area contributed by atoms with Gasteiger partial charge in [-0.15, -0.1) is 0 Å². The minimum atomic E-state index is -1.95. The number of carbonyl (C=O) groups is 1. The van der Waals surface area contributed by atoms with E-state index in [1.54, 1.807) is 0 Å². The van der Waals surface area contributed by atoms with Crippen LogP contribution in [0.15, 0.2) is 0 Å². The maximum Gasteiger partial charge on any atom is 0.323 e. The van der Waals surface area contributed by atoms with Gasteiger partial charge >= 0.3 is 5.97 Å². The fourth-order valence-corrected chi connectivity index (χ4v) is 3.73. The van der Waals surface area contributed by atoms with Crippen LogP contribution in [-0.4, -0.2) is 62.6 Å². The molecule has 2 N–H and O–H groups in total. The van der Waals surface area contributed by atoms with Crippen LogP contribution in [0.1, 0.15) is 27.7 Å². The number of nitrogens with zero attached hydrogens (tertiary/aromatic N) is 1. The molecular formula is C14H30N2O3Si. The zero-order chi connectivity index (χ0) is 15.6. The van der Waals surface area contributed by atoms with E-state index < -0.39 is 20.3 Å². The lowest BCUT2D eigenvalue weighted by atomic mass is 10.1. The van der Waals surface area contributed by atoms with Gasteiger partial charge in [0.05, 0.1) is 6.10 Å². The van der Waals surface area contributed by atoms with Crippen molar-refractivity contribution < 1.29 is 14.3 Å². The van der Waals surface area contributed by atoms with Gasteiger partial charge in [-0.2, -0.15) is 0 Å². The van der Waals surface area contributed by atoms with Gasteiger partial charge in [0.1, 0.15) is 6.04 Å². The second-order valence-electron chi connectivity index (χ2n) is 7.15. The highest BCUT2D eigenvalue weighted by atomic mass is 28.4. The summed E-state index contributed by atoms with van der Waals surface area (Å²) in [6, 6.07) is -0.550. The van der Waals surface area contributed by atoms with Gasteiger partial charge in [0, 0.05) is 26.2 Å². The molecule has 1 fully saturated rings. The summed E-state index contributed by atoms with van der Waals surface area (Å²) in [5.74, 6) is -0.780. The first-order valence-corrected chi connectivity index (χ1v) is 10.3. The van der Waals surface area contributed by atoms with Crippen molar-refractivity contribution in [2.24, 2.45) is 0 Å². The molecule has 1 aliphatic heterocycles. The minimum absolute atomic E-state index is 0.0910. The van der Waals surface area contributed by atoms with Crippen molar-refractivity contribution in [1.29, 1.82) is 0 Å². The van der Waals surface area contributed by atoms with Crippen LogP contribution in [0.5, 0.6) is 0 Å². The number of carboxylic acid groups (broad SMARTS) is 1. The van der Waals surface area contributed by atoms with Gasteiger partial charge in [-0.25, -0.2) is 0 Å². The van der Waals surface area contributed by atoms with Gasteiger partial charge in [0.15, 0.2) is 8.32 Å². The second-order valence-corrected chi connectivity index (χ2v) is 11.9. The summed E-state index contributed by atoms with van der Waals surface area (Å²) in [5.41, 5.74) is 0. The van der Waals surface area contributed by atoms with E-state index in [0.717, 1.165) is 26.2 Å². The van der Waals surface area contributed by atoms with Crippen molar-refractivity contribution in [3.05, 3.63) is 0 Å². The Morgan fingerprint density at radius 2 is 1.80 bits per heavy atom. The van der Waals surface area contributed by atoms with Crippen LogP contribution in [0.4, 0.5) is 0 Å². The monoisotopic (exact) mass is 302 g/mol. The van der Waals surface area contributed by atoms with E-state index in [1.165, 1.54) is 0 Å². The topological polar surface area (TPSA) is 61.8 Å².